The first-order valence-electron chi connectivity index (χ1n) is 7.21. The predicted octanol–water partition coefficient (Wildman–Crippen LogP) is 2.67. The summed E-state index contributed by atoms with van der Waals surface area (Å²) in [4.78, 5) is 23.7. The van der Waals surface area contributed by atoms with Crippen molar-refractivity contribution in [2.24, 2.45) is 0 Å². The van der Waals surface area contributed by atoms with Crippen LogP contribution >= 0.6 is 0 Å². The number of hydrogen-bond donors (Lipinski definition) is 2. The average molecular weight is 312 g/mol. The van der Waals surface area contributed by atoms with Crippen LogP contribution in [-0.4, -0.2) is 25.0 Å². The second kappa shape index (κ2) is 6.39. The number of ether oxygens (including phenoxy) is 2. The van der Waals surface area contributed by atoms with Crippen LogP contribution in [-0.2, 0) is 4.79 Å². The molecule has 0 radical (unpaired) electrons. The third-order valence-electron chi connectivity index (χ3n) is 3.28. The molecule has 0 aliphatic carbocycles. The number of hydrogen-bond acceptors (Lipinski definition) is 4. The Labute approximate surface area is 133 Å². The van der Waals surface area contributed by atoms with E-state index in [1.165, 1.54) is 6.92 Å². The van der Waals surface area contributed by atoms with E-state index in [-0.39, 0.29) is 11.8 Å². The van der Waals surface area contributed by atoms with Crippen molar-refractivity contribution in [1.82, 2.24) is 0 Å². The lowest BCUT2D eigenvalue weighted by Gasteiger charge is -2.19. The Bertz CT molecular complexity index is 758. The first-order valence-corrected chi connectivity index (χ1v) is 7.21. The second-order valence-corrected chi connectivity index (χ2v) is 5.04. The molecule has 0 aromatic heterocycles. The minimum Gasteiger partial charge on any atom is -0.486 e. The molecule has 2 amide bonds. The van der Waals surface area contributed by atoms with E-state index in [1.54, 1.807) is 42.5 Å². The van der Waals surface area contributed by atoms with Gasteiger partial charge in [-0.25, -0.2) is 0 Å². The standard InChI is InChI=1S/C17H16N2O4/c1-11(20)18-14-5-3-2-4-13(14)17(21)19-12-6-7-15-16(10-12)23-9-8-22-15/h2-7,10H,8-9H2,1H3,(H,18,20)(H,19,21). The van der Waals surface area contributed by atoms with E-state index in [0.717, 1.165) is 0 Å². The topological polar surface area (TPSA) is 76.7 Å². The van der Waals surface area contributed by atoms with Crippen molar-refractivity contribution in [3.8, 4) is 11.5 Å². The lowest BCUT2D eigenvalue weighted by Crippen LogP contribution is -2.18. The molecule has 6 nitrogen and oxygen atoms in total. The summed E-state index contributed by atoms with van der Waals surface area (Å²) in [5.41, 5.74) is 1.45. The predicted molar refractivity (Wildman–Crippen MR) is 86.1 cm³/mol. The van der Waals surface area contributed by atoms with Gasteiger partial charge in [-0.2, -0.15) is 0 Å². The maximum absolute atomic E-state index is 12.5. The largest absolute Gasteiger partial charge is 0.486 e. The van der Waals surface area contributed by atoms with Crippen LogP contribution in [0.5, 0.6) is 11.5 Å². The molecule has 1 heterocycles. The Hall–Kier alpha value is -3.02. The zero-order chi connectivity index (χ0) is 16.2. The normalized spacial score (nSPS) is 12.4. The van der Waals surface area contributed by atoms with Crippen molar-refractivity contribution < 1.29 is 19.1 Å². The van der Waals surface area contributed by atoms with Gasteiger partial charge in [0, 0.05) is 18.7 Å². The Morgan fingerprint density at radius 1 is 0.957 bits per heavy atom. The first-order chi connectivity index (χ1) is 11.1. The van der Waals surface area contributed by atoms with Crippen molar-refractivity contribution in [2.45, 2.75) is 6.92 Å². The molecule has 0 fully saturated rings. The van der Waals surface area contributed by atoms with Crippen molar-refractivity contribution >= 4 is 23.2 Å². The van der Waals surface area contributed by atoms with Gasteiger partial charge < -0.3 is 20.1 Å². The summed E-state index contributed by atoms with van der Waals surface area (Å²) in [6, 6.07) is 12.0. The Morgan fingerprint density at radius 3 is 2.48 bits per heavy atom. The number of nitrogens with one attached hydrogen (secondary N) is 2. The summed E-state index contributed by atoms with van der Waals surface area (Å²) in [6.45, 7) is 2.40. The highest BCUT2D eigenvalue weighted by molar-refractivity contribution is 6.10. The molecule has 0 saturated carbocycles. The van der Waals surface area contributed by atoms with Gasteiger partial charge in [0.15, 0.2) is 11.5 Å². The number of fused-ring (bicyclic) bond motifs is 1. The minimum absolute atomic E-state index is 0.232. The number of anilines is 2. The van der Waals surface area contributed by atoms with E-state index in [1.807, 2.05) is 0 Å². The van der Waals surface area contributed by atoms with Crippen molar-refractivity contribution in [3.05, 3.63) is 48.0 Å². The maximum Gasteiger partial charge on any atom is 0.257 e. The van der Waals surface area contributed by atoms with Gasteiger partial charge in [-0.1, -0.05) is 12.1 Å². The van der Waals surface area contributed by atoms with Gasteiger partial charge in [0.1, 0.15) is 13.2 Å². The third kappa shape index (κ3) is 3.42. The van der Waals surface area contributed by atoms with Crippen molar-refractivity contribution in [2.75, 3.05) is 23.8 Å². The number of benzene rings is 2. The van der Waals surface area contributed by atoms with Gasteiger partial charge in [-0.05, 0) is 24.3 Å². The van der Waals surface area contributed by atoms with E-state index < -0.39 is 0 Å². The summed E-state index contributed by atoms with van der Waals surface area (Å²) in [5, 5.41) is 5.44. The zero-order valence-corrected chi connectivity index (χ0v) is 12.6. The molecule has 2 aromatic carbocycles. The SMILES string of the molecule is CC(=O)Nc1ccccc1C(=O)Nc1ccc2c(c1)OCCO2. The third-order valence-corrected chi connectivity index (χ3v) is 3.28. The van der Waals surface area contributed by atoms with E-state index in [0.29, 0.717) is 41.7 Å². The molecule has 118 valence electrons. The fourth-order valence-electron chi connectivity index (χ4n) is 2.30. The number of amides is 2. The van der Waals surface area contributed by atoms with Crippen LogP contribution in [0.4, 0.5) is 11.4 Å². The highest BCUT2D eigenvalue weighted by atomic mass is 16.6. The molecule has 2 aromatic rings. The van der Waals surface area contributed by atoms with Gasteiger partial charge >= 0.3 is 0 Å². The van der Waals surface area contributed by atoms with Crippen LogP contribution in [0.15, 0.2) is 42.5 Å². The van der Waals surface area contributed by atoms with Gasteiger partial charge in [-0.15, -0.1) is 0 Å². The fraction of sp³-hybridized carbons (Fsp3) is 0.176. The Morgan fingerprint density at radius 2 is 1.70 bits per heavy atom. The van der Waals surface area contributed by atoms with E-state index >= 15 is 0 Å². The molecule has 0 bridgehead atoms. The molecule has 1 aliphatic heterocycles. The molecule has 0 spiro atoms. The molecular formula is C17H16N2O4. The molecule has 0 atom stereocenters. The maximum atomic E-state index is 12.5. The van der Waals surface area contributed by atoms with Crippen LogP contribution in [0, 0.1) is 0 Å². The lowest BCUT2D eigenvalue weighted by atomic mass is 10.1. The summed E-state index contributed by atoms with van der Waals surface area (Å²) < 4.78 is 10.9. The summed E-state index contributed by atoms with van der Waals surface area (Å²) in [5.74, 6) is 0.715. The van der Waals surface area contributed by atoms with Gasteiger partial charge in [-0.3, -0.25) is 9.59 Å². The van der Waals surface area contributed by atoms with Crippen molar-refractivity contribution in [3.63, 3.8) is 0 Å². The number of para-hydroxylation sites is 1. The number of carbonyl (C=O) groups is 2. The summed E-state index contributed by atoms with van der Waals surface area (Å²) >= 11 is 0. The zero-order valence-electron chi connectivity index (χ0n) is 12.6. The van der Waals surface area contributed by atoms with Gasteiger partial charge in [0.05, 0.1) is 11.3 Å². The van der Waals surface area contributed by atoms with Crippen molar-refractivity contribution in [1.29, 1.82) is 0 Å². The van der Waals surface area contributed by atoms with Crippen LogP contribution in [0.1, 0.15) is 17.3 Å². The van der Waals surface area contributed by atoms with Gasteiger partial charge in [0.2, 0.25) is 5.91 Å². The molecular weight excluding hydrogens is 296 g/mol. The monoisotopic (exact) mass is 312 g/mol. The molecule has 2 N–H and O–H groups in total. The minimum atomic E-state index is -0.314. The summed E-state index contributed by atoms with van der Waals surface area (Å²) in [7, 11) is 0. The quantitative estimate of drug-likeness (QED) is 0.913. The molecule has 6 heteroatoms. The first kappa shape index (κ1) is 14.9. The Balaban J connectivity index is 1.81. The van der Waals surface area contributed by atoms with Gasteiger partial charge in [0.25, 0.3) is 5.91 Å². The van der Waals surface area contributed by atoms with Crippen LogP contribution in [0.25, 0.3) is 0 Å². The van der Waals surface area contributed by atoms with Crippen LogP contribution in [0.2, 0.25) is 0 Å². The van der Waals surface area contributed by atoms with Crippen LogP contribution in [0.3, 0.4) is 0 Å². The van der Waals surface area contributed by atoms with Crippen LogP contribution < -0.4 is 20.1 Å². The smallest absolute Gasteiger partial charge is 0.257 e. The lowest BCUT2D eigenvalue weighted by molar-refractivity contribution is -0.114. The molecule has 0 unspecified atom stereocenters. The molecule has 3 rings (SSSR count). The second-order valence-electron chi connectivity index (χ2n) is 5.04. The number of rotatable bonds is 3. The average Bonchev–Trinajstić information content (AvgIpc) is 2.54. The highest BCUT2D eigenvalue weighted by Crippen LogP contribution is 2.32. The fourth-order valence-corrected chi connectivity index (χ4v) is 2.30. The van der Waals surface area contributed by atoms with E-state index in [9.17, 15) is 9.59 Å². The molecule has 23 heavy (non-hydrogen) atoms. The highest BCUT2D eigenvalue weighted by Gasteiger charge is 2.15. The van der Waals surface area contributed by atoms with E-state index in [2.05, 4.69) is 10.6 Å². The van der Waals surface area contributed by atoms with E-state index in [4.69, 9.17) is 9.47 Å². The number of carbonyl (C=O) groups excluding carboxylic acids is 2. The Kier molecular flexibility index (Phi) is 4.14. The molecule has 0 saturated heterocycles. The summed E-state index contributed by atoms with van der Waals surface area (Å²) in [6.07, 6.45) is 0. The molecule has 1 aliphatic rings.